The van der Waals surface area contributed by atoms with E-state index in [1.54, 1.807) is 0 Å². The molecule has 0 bridgehead atoms. The van der Waals surface area contributed by atoms with Crippen molar-refractivity contribution in [2.45, 2.75) is 26.4 Å². The summed E-state index contributed by atoms with van der Waals surface area (Å²) in [5.74, 6) is -2.50. The van der Waals surface area contributed by atoms with Gasteiger partial charge < -0.3 is 4.74 Å². The van der Waals surface area contributed by atoms with E-state index in [4.69, 9.17) is 11.6 Å². The molecule has 7 heteroatoms. The molecule has 0 N–H and O–H groups in total. The van der Waals surface area contributed by atoms with Crippen LogP contribution in [0.3, 0.4) is 0 Å². The first-order chi connectivity index (χ1) is 10.5. The number of methoxy groups -OCH3 is 1. The number of carbonyl (C=O) groups is 1. The van der Waals surface area contributed by atoms with Gasteiger partial charge in [0.15, 0.2) is 0 Å². The Morgan fingerprint density at radius 1 is 1.39 bits per heavy atom. The van der Waals surface area contributed by atoms with E-state index >= 15 is 0 Å². The lowest BCUT2D eigenvalue weighted by Gasteiger charge is -2.33. The number of rotatable bonds is 2. The Kier molecular flexibility index (Phi) is 4.50. The number of allylic oxidation sites excluding steroid dienone is 1. The van der Waals surface area contributed by atoms with Gasteiger partial charge in [-0.05, 0) is 35.6 Å². The van der Waals surface area contributed by atoms with Gasteiger partial charge in [-0.2, -0.15) is 13.2 Å². The molecule has 0 amide bonds. The van der Waals surface area contributed by atoms with Crippen LogP contribution < -0.4 is 0 Å². The molecule has 1 aromatic carbocycles. The fourth-order valence-electron chi connectivity index (χ4n) is 2.93. The lowest BCUT2D eigenvalue weighted by Crippen LogP contribution is -2.38. The molecule has 1 aromatic rings. The average molecular weight is 351 g/mol. The van der Waals surface area contributed by atoms with E-state index in [0.717, 1.165) is 20.1 Å². The van der Waals surface area contributed by atoms with E-state index in [0.29, 0.717) is 0 Å². The number of alkyl halides is 3. The highest BCUT2D eigenvalue weighted by Gasteiger charge is 2.59. The van der Waals surface area contributed by atoms with Crippen LogP contribution in [-0.2, 0) is 9.53 Å². The van der Waals surface area contributed by atoms with E-state index in [2.05, 4.69) is 4.74 Å². The molecular formula is C16H15ClF4O2. The smallest absolute Gasteiger partial charge is 0.395 e. The van der Waals surface area contributed by atoms with Gasteiger partial charge in [-0.1, -0.05) is 31.5 Å². The van der Waals surface area contributed by atoms with Crippen LogP contribution in [0.25, 0.3) is 5.57 Å². The van der Waals surface area contributed by atoms with Crippen molar-refractivity contribution in [2.24, 2.45) is 11.3 Å². The van der Waals surface area contributed by atoms with Crippen LogP contribution in [0.15, 0.2) is 23.8 Å². The normalized spacial score (nSPS) is 25.0. The molecule has 1 aliphatic rings. The summed E-state index contributed by atoms with van der Waals surface area (Å²) in [6.45, 7) is 2.47. The number of ether oxygens (including phenoxy) is 1. The second-order valence-electron chi connectivity index (χ2n) is 5.83. The maximum atomic E-state index is 13.5. The van der Waals surface area contributed by atoms with Crippen molar-refractivity contribution < 1.29 is 27.1 Å². The van der Waals surface area contributed by atoms with Gasteiger partial charge in [-0.25, -0.2) is 9.18 Å². The number of benzene rings is 1. The number of carbonyl (C=O) groups excluding carboxylic acids is 1. The van der Waals surface area contributed by atoms with Crippen LogP contribution in [0.2, 0.25) is 5.02 Å². The van der Waals surface area contributed by atoms with E-state index < -0.39 is 35.7 Å². The van der Waals surface area contributed by atoms with Crippen molar-refractivity contribution in [3.05, 3.63) is 40.2 Å². The Balaban J connectivity index is 2.63. The molecule has 2 rings (SSSR count). The van der Waals surface area contributed by atoms with Gasteiger partial charge in [-0.3, -0.25) is 0 Å². The average Bonchev–Trinajstić information content (AvgIpc) is 2.74. The van der Waals surface area contributed by atoms with E-state index in [9.17, 15) is 22.4 Å². The summed E-state index contributed by atoms with van der Waals surface area (Å²) < 4.78 is 58.5. The molecule has 0 saturated heterocycles. The minimum absolute atomic E-state index is 0.0532. The highest BCUT2D eigenvalue weighted by atomic mass is 35.5. The Morgan fingerprint density at radius 3 is 2.48 bits per heavy atom. The first-order valence-corrected chi connectivity index (χ1v) is 7.24. The lowest BCUT2D eigenvalue weighted by molar-refractivity contribution is -0.225. The third-order valence-electron chi connectivity index (χ3n) is 4.57. The third-order valence-corrected chi connectivity index (χ3v) is 4.86. The molecule has 0 fully saturated rings. The van der Waals surface area contributed by atoms with Crippen molar-refractivity contribution >= 4 is 23.1 Å². The predicted octanol–water partition coefficient (Wildman–Crippen LogP) is 5.01. The minimum Gasteiger partial charge on any atom is -0.466 e. The van der Waals surface area contributed by atoms with E-state index in [1.807, 2.05) is 0 Å². The zero-order chi connectivity index (χ0) is 17.6. The molecule has 0 saturated carbocycles. The van der Waals surface area contributed by atoms with Crippen LogP contribution in [0.5, 0.6) is 0 Å². The quantitative estimate of drug-likeness (QED) is 0.553. The Labute approximate surface area is 136 Å². The third kappa shape index (κ3) is 2.84. The van der Waals surface area contributed by atoms with Gasteiger partial charge in [0.2, 0.25) is 0 Å². The molecule has 0 aliphatic heterocycles. The Bertz CT molecular complexity index is 681. The van der Waals surface area contributed by atoms with Crippen molar-refractivity contribution in [1.82, 2.24) is 0 Å². The Hall–Kier alpha value is -1.56. The molecule has 2 atom stereocenters. The molecule has 0 heterocycles. The molecule has 126 valence electrons. The maximum Gasteiger partial charge on any atom is 0.395 e. The molecule has 0 aromatic heterocycles. The summed E-state index contributed by atoms with van der Waals surface area (Å²) in [4.78, 5) is 12.0. The van der Waals surface area contributed by atoms with Gasteiger partial charge in [0.25, 0.3) is 0 Å². The SMILES string of the molecule is COC(=O)C1=C(c2ccc(F)c(Cl)c2)[C@H](C)[C@](C)(C(F)(F)F)C1. The monoisotopic (exact) mass is 350 g/mol. The molecule has 0 unspecified atom stereocenters. The number of hydrogen-bond acceptors (Lipinski definition) is 2. The number of halogens is 5. The maximum absolute atomic E-state index is 13.5. The number of esters is 1. The van der Waals surface area contributed by atoms with Gasteiger partial charge in [0.05, 0.1) is 17.5 Å². The predicted molar refractivity (Wildman–Crippen MR) is 78.3 cm³/mol. The highest BCUT2D eigenvalue weighted by molar-refractivity contribution is 6.31. The second kappa shape index (κ2) is 5.82. The van der Waals surface area contributed by atoms with Crippen molar-refractivity contribution in [1.29, 1.82) is 0 Å². The van der Waals surface area contributed by atoms with Crippen LogP contribution >= 0.6 is 11.6 Å². The zero-order valence-corrected chi connectivity index (χ0v) is 13.5. The molecule has 23 heavy (non-hydrogen) atoms. The van der Waals surface area contributed by atoms with Crippen molar-refractivity contribution in [2.75, 3.05) is 7.11 Å². The van der Waals surface area contributed by atoms with Gasteiger partial charge in [0, 0.05) is 5.57 Å². The fourth-order valence-corrected chi connectivity index (χ4v) is 3.11. The fraction of sp³-hybridized carbons (Fsp3) is 0.438. The standard InChI is InChI=1S/C16H15ClF4O2/c1-8-13(9-4-5-12(18)11(17)6-9)10(14(22)23-3)7-15(8,2)16(19,20)21/h4-6,8H,7H2,1-3H3/t8-,15+/m0/s1. The van der Waals surface area contributed by atoms with Gasteiger partial charge >= 0.3 is 12.1 Å². The van der Waals surface area contributed by atoms with E-state index in [1.165, 1.54) is 19.1 Å². The largest absolute Gasteiger partial charge is 0.466 e. The minimum atomic E-state index is -4.50. The van der Waals surface area contributed by atoms with Crippen molar-refractivity contribution in [3.63, 3.8) is 0 Å². The van der Waals surface area contributed by atoms with Gasteiger partial charge in [-0.15, -0.1) is 0 Å². The summed E-state index contributed by atoms with van der Waals surface area (Å²) in [5, 5.41) is -0.216. The molecule has 2 nitrogen and oxygen atoms in total. The Morgan fingerprint density at radius 2 is 2.00 bits per heavy atom. The van der Waals surface area contributed by atoms with Crippen molar-refractivity contribution in [3.8, 4) is 0 Å². The summed E-state index contributed by atoms with van der Waals surface area (Å²) in [6.07, 6.45) is -4.99. The zero-order valence-electron chi connectivity index (χ0n) is 12.7. The summed E-state index contributed by atoms with van der Waals surface area (Å²) in [7, 11) is 1.11. The second-order valence-corrected chi connectivity index (χ2v) is 6.23. The molecule has 0 spiro atoms. The summed E-state index contributed by atoms with van der Waals surface area (Å²) in [6, 6.07) is 3.61. The van der Waals surface area contributed by atoms with E-state index in [-0.39, 0.29) is 21.7 Å². The molecule has 1 aliphatic carbocycles. The highest BCUT2D eigenvalue weighted by Crippen LogP contribution is 2.58. The van der Waals surface area contributed by atoms with Crippen LogP contribution in [-0.4, -0.2) is 19.3 Å². The van der Waals surface area contributed by atoms with Crippen LogP contribution in [0.1, 0.15) is 25.8 Å². The topological polar surface area (TPSA) is 26.3 Å². The van der Waals surface area contributed by atoms with Gasteiger partial charge in [0.1, 0.15) is 5.82 Å². The first-order valence-electron chi connectivity index (χ1n) is 6.86. The first kappa shape index (κ1) is 17.8. The molecule has 0 radical (unpaired) electrons. The lowest BCUT2D eigenvalue weighted by atomic mass is 9.76. The summed E-state index contributed by atoms with van der Waals surface area (Å²) >= 11 is 5.73. The summed E-state index contributed by atoms with van der Waals surface area (Å²) in [5.41, 5.74) is -1.68. The van der Waals surface area contributed by atoms with Crippen LogP contribution in [0, 0.1) is 17.2 Å². The molecular weight excluding hydrogens is 336 g/mol. The number of hydrogen-bond donors (Lipinski definition) is 0. The van der Waals surface area contributed by atoms with Crippen LogP contribution in [0.4, 0.5) is 17.6 Å².